The highest BCUT2D eigenvalue weighted by atomic mass is 79.9. The van der Waals surface area contributed by atoms with Gasteiger partial charge >= 0.3 is 0 Å². The third kappa shape index (κ3) is 3.03. The lowest BCUT2D eigenvalue weighted by molar-refractivity contribution is 0.452. The van der Waals surface area contributed by atoms with Crippen molar-refractivity contribution in [3.05, 3.63) is 40.2 Å². The summed E-state index contributed by atoms with van der Waals surface area (Å²) in [6.07, 6.45) is 1.52. The molecule has 0 amide bonds. The molecule has 5 nitrogen and oxygen atoms in total. The lowest BCUT2D eigenvalue weighted by Crippen LogP contribution is -2.03. The molecule has 0 saturated carbocycles. The van der Waals surface area contributed by atoms with Gasteiger partial charge in [0.25, 0.3) is 0 Å². The van der Waals surface area contributed by atoms with E-state index in [1.54, 1.807) is 6.07 Å². The van der Waals surface area contributed by atoms with Gasteiger partial charge in [0.15, 0.2) is 0 Å². The summed E-state index contributed by atoms with van der Waals surface area (Å²) in [5.41, 5.74) is -0.164. The molecular formula is C13H10BrFN4O. The van der Waals surface area contributed by atoms with Gasteiger partial charge in [-0.3, -0.25) is 0 Å². The molecule has 0 bridgehead atoms. The molecule has 0 spiro atoms. The van der Waals surface area contributed by atoms with E-state index in [4.69, 9.17) is 10.00 Å². The smallest absolute Gasteiger partial charge is 0.238 e. The fourth-order valence-corrected chi connectivity index (χ4v) is 1.74. The zero-order valence-electron chi connectivity index (χ0n) is 10.5. The molecule has 1 aromatic carbocycles. The van der Waals surface area contributed by atoms with Gasteiger partial charge in [-0.25, -0.2) is 9.37 Å². The van der Waals surface area contributed by atoms with E-state index in [9.17, 15) is 4.39 Å². The van der Waals surface area contributed by atoms with Crippen LogP contribution in [0, 0.1) is 17.1 Å². The average Bonchev–Trinajstić information content (AvgIpc) is 2.43. The number of ether oxygens (including phenoxy) is 1. The monoisotopic (exact) mass is 336 g/mol. The van der Waals surface area contributed by atoms with Crippen molar-refractivity contribution >= 4 is 21.9 Å². The third-order valence-electron chi connectivity index (χ3n) is 2.34. The van der Waals surface area contributed by atoms with Crippen molar-refractivity contribution in [1.82, 2.24) is 9.97 Å². The van der Waals surface area contributed by atoms with E-state index < -0.39 is 5.82 Å². The third-order valence-corrected chi connectivity index (χ3v) is 2.88. The SMILES string of the molecule is CCNc1ncc(Br)c(Oc2cccc(F)c2C#N)n1. The van der Waals surface area contributed by atoms with E-state index in [0.717, 1.165) is 0 Å². The Hall–Kier alpha value is -2.20. The van der Waals surface area contributed by atoms with Crippen molar-refractivity contribution < 1.29 is 9.13 Å². The second kappa shape index (κ2) is 6.30. The van der Waals surface area contributed by atoms with Crippen LogP contribution < -0.4 is 10.1 Å². The van der Waals surface area contributed by atoms with Gasteiger partial charge in [0.2, 0.25) is 11.8 Å². The molecule has 0 aliphatic carbocycles. The van der Waals surface area contributed by atoms with Gasteiger partial charge in [0, 0.05) is 6.54 Å². The summed E-state index contributed by atoms with van der Waals surface area (Å²) in [5.74, 6) is 0.0649. The fraction of sp³-hybridized carbons (Fsp3) is 0.154. The van der Waals surface area contributed by atoms with Crippen molar-refractivity contribution in [1.29, 1.82) is 5.26 Å². The van der Waals surface area contributed by atoms with Crippen LogP contribution in [-0.2, 0) is 0 Å². The van der Waals surface area contributed by atoms with Crippen LogP contribution in [0.15, 0.2) is 28.9 Å². The number of nitrogens with one attached hydrogen (secondary N) is 1. The van der Waals surface area contributed by atoms with Gasteiger partial charge in [-0.05, 0) is 35.0 Å². The van der Waals surface area contributed by atoms with Crippen molar-refractivity contribution in [3.8, 4) is 17.7 Å². The molecule has 0 saturated heterocycles. The number of hydrogen-bond acceptors (Lipinski definition) is 5. The van der Waals surface area contributed by atoms with E-state index in [1.807, 2.05) is 6.92 Å². The predicted octanol–water partition coefficient (Wildman–Crippen LogP) is 3.47. The molecule has 1 heterocycles. The number of aromatic nitrogens is 2. The maximum Gasteiger partial charge on any atom is 0.238 e. The Balaban J connectivity index is 2.37. The number of rotatable bonds is 4. The van der Waals surface area contributed by atoms with Gasteiger partial charge < -0.3 is 10.1 Å². The molecule has 102 valence electrons. The molecule has 2 rings (SSSR count). The lowest BCUT2D eigenvalue weighted by Gasteiger charge is -2.09. The van der Waals surface area contributed by atoms with Crippen LogP contribution in [0.1, 0.15) is 12.5 Å². The standard InChI is InChI=1S/C13H10BrFN4O/c1-2-17-13-18-7-9(14)12(19-13)20-11-5-3-4-10(15)8(11)6-16/h3-5,7H,2H2,1H3,(H,17,18,19). The molecule has 20 heavy (non-hydrogen) atoms. The molecule has 1 N–H and O–H groups in total. The van der Waals surface area contributed by atoms with Crippen molar-refractivity contribution in [2.75, 3.05) is 11.9 Å². The summed E-state index contributed by atoms with van der Waals surface area (Å²) in [7, 11) is 0. The lowest BCUT2D eigenvalue weighted by atomic mass is 10.2. The summed E-state index contributed by atoms with van der Waals surface area (Å²) < 4.78 is 19.5. The topological polar surface area (TPSA) is 70.8 Å². The summed E-state index contributed by atoms with van der Waals surface area (Å²) >= 11 is 3.25. The highest BCUT2D eigenvalue weighted by Gasteiger charge is 2.13. The molecule has 0 radical (unpaired) electrons. The zero-order valence-corrected chi connectivity index (χ0v) is 12.1. The zero-order chi connectivity index (χ0) is 14.5. The van der Waals surface area contributed by atoms with Gasteiger partial charge in [-0.2, -0.15) is 10.2 Å². The first kappa shape index (κ1) is 14.2. The molecule has 7 heteroatoms. The Labute approximate surface area is 123 Å². The molecular weight excluding hydrogens is 327 g/mol. The second-order valence-electron chi connectivity index (χ2n) is 3.70. The van der Waals surface area contributed by atoms with E-state index in [-0.39, 0.29) is 17.2 Å². The highest BCUT2D eigenvalue weighted by molar-refractivity contribution is 9.10. The van der Waals surface area contributed by atoms with Crippen LogP contribution in [0.25, 0.3) is 0 Å². The van der Waals surface area contributed by atoms with E-state index in [2.05, 4.69) is 31.2 Å². The summed E-state index contributed by atoms with van der Waals surface area (Å²) in [6.45, 7) is 2.57. The minimum Gasteiger partial charge on any atom is -0.436 e. The molecule has 0 aliphatic rings. The van der Waals surface area contributed by atoms with Crippen LogP contribution in [0.4, 0.5) is 10.3 Å². The van der Waals surface area contributed by atoms with Crippen molar-refractivity contribution in [2.24, 2.45) is 0 Å². The molecule has 0 aliphatic heterocycles. The maximum absolute atomic E-state index is 13.5. The molecule has 1 aromatic heterocycles. The minimum absolute atomic E-state index is 0.106. The van der Waals surface area contributed by atoms with Crippen LogP contribution in [0.2, 0.25) is 0 Å². The number of halogens is 2. The Kier molecular flexibility index (Phi) is 4.48. The Bertz CT molecular complexity index is 672. The van der Waals surface area contributed by atoms with Crippen LogP contribution in [0.5, 0.6) is 11.6 Å². The number of nitrogens with zero attached hydrogens (tertiary/aromatic N) is 3. The second-order valence-corrected chi connectivity index (χ2v) is 4.56. The van der Waals surface area contributed by atoms with Gasteiger partial charge in [0.05, 0.1) is 10.7 Å². The van der Waals surface area contributed by atoms with Crippen LogP contribution in [0.3, 0.4) is 0 Å². The van der Waals surface area contributed by atoms with Crippen LogP contribution in [-0.4, -0.2) is 16.5 Å². The number of nitriles is 1. The largest absolute Gasteiger partial charge is 0.436 e. The number of hydrogen-bond donors (Lipinski definition) is 1. The number of anilines is 1. The average molecular weight is 337 g/mol. The van der Waals surface area contributed by atoms with Crippen molar-refractivity contribution in [2.45, 2.75) is 6.92 Å². The normalized spacial score (nSPS) is 9.90. The first-order valence-electron chi connectivity index (χ1n) is 5.78. The summed E-state index contributed by atoms with van der Waals surface area (Å²) in [4.78, 5) is 8.18. The Morgan fingerprint density at radius 3 is 3.00 bits per heavy atom. The Morgan fingerprint density at radius 2 is 2.30 bits per heavy atom. The molecule has 0 atom stereocenters. The number of benzene rings is 1. The molecule has 0 unspecified atom stereocenters. The summed E-state index contributed by atoms with van der Waals surface area (Å²) in [5, 5.41) is 11.9. The predicted molar refractivity (Wildman–Crippen MR) is 75.1 cm³/mol. The summed E-state index contributed by atoms with van der Waals surface area (Å²) in [6, 6.07) is 5.94. The maximum atomic E-state index is 13.5. The van der Waals surface area contributed by atoms with Gasteiger partial charge in [0.1, 0.15) is 23.2 Å². The first-order chi connectivity index (χ1) is 9.65. The van der Waals surface area contributed by atoms with Gasteiger partial charge in [-0.15, -0.1) is 0 Å². The van der Waals surface area contributed by atoms with Crippen LogP contribution >= 0.6 is 15.9 Å². The minimum atomic E-state index is -0.637. The Morgan fingerprint density at radius 1 is 1.50 bits per heavy atom. The van der Waals surface area contributed by atoms with E-state index >= 15 is 0 Å². The van der Waals surface area contributed by atoms with Crippen molar-refractivity contribution in [3.63, 3.8) is 0 Å². The van der Waals surface area contributed by atoms with E-state index in [1.165, 1.54) is 24.4 Å². The molecule has 2 aromatic rings. The highest BCUT2D eigenvalue weighted by Crippen LogP contribution is 2.30. The first-order valence-corrected chi connectivity index (χ1v) is 6.58. The molecule has 0 fully saturated rings. The van der Waals surface area contributed by atoms with E-state index in [0.29, 0.717) is 17.0 Å². The fourth-order valence-electron chi connectivity index (χ4n) is 1.47. The van der Waals surface area contributed by atoms with Gasteiger partial charge in [-0.1, -0.05) is 6.07 Å². The quantitative estimate of drug-likeness (QED) is 0.925.